The second-order valence-electron chi connectivity index (χ2n) is 5.16. The Hall–Kier alpha value is -2.90. The van der Waals surface area contributed by atoms with Crippen molar-refractivity contribution in [3.05, 3.63) is 58.9 Å². The van der Waals surface area contributed by atoms with E-state index in [9.17, 15) is 27.2 Å². The van der Waals surface area contributed by atoms with Crippen LogP contribution in [0.1, 0.15) is 33.2 Å². The SMILES string of the molecule is CCNC(=O)c1ccc(-c2cc(C(=O)O)cc(C(F)(F)F)c2)cc1F. The molecule has 0 radical (unpaired) electrons. The fourth-order valence-corrected chi connectivity index (χ4v) is 2.22. The summed E-state index contributed by atoms with van der Waals surface area (Å²) in [5.41, 5.74) is -2.07. The van der Waals surface area contributed by atoms with Crippen molar-refractivity contribution in [2.24, 2.45) is 0 Å². The number of carbonyl (C=O) groups is 2. The molecule has 132 valence electrons. The van der Waals surface area contributed by atoms with Crippen LogP contribution < -0.4 is 5.32 Å². The molecule has 2 aromatic carbocycles. The van der Waals surface area contributed by atoms with Crippen molar-refractivity contribution in [3.63, 3.8) is 0 Å². The topological polar surface area (TPSA) is 66.4 Å². The monoisotopic (exact) mass is 355 g/mol. The number of carboxylic acid groups (broad SMARTS) is 1. The Kier molecular flexibility index (Phi) is 5.10. The molecule has 1 amide bonds. The molecule has 4 nitrogen and oxygen atoms in total. The van der Waals surface area contributed by atoms with Crippen LogP contribution in [0.2, 0.25) is 0 Å². The van der Waals surface area contributed by atoms with Crippen LogP contribution in [-0.4, -0.2) is 23.5 Å². The largest absolute Gasteiger partial charge is 0.478 e. The van der Waals surface area contributed by atoms with Crippen molar-refractivity contribution < 1.29 is 32.3 Å². The molecule has 0 unspecified atom stereocenters. The Labute approximate surface area is 140 Å². The molecule has 0 saturated heterocycles. The molecule has 0 aromatic heterocycles. The third kappa shape index (κ3) is 4.14. The molecule has 0 aliphatic heterocycles. The van der Waals surface area contributed by atoms with E-state index < -0.39 is 35.0 Å². The molecular formula is C17H13F4NO3. The van der Waals surface area contributed by atoms with Gasteiger partial charge in [-0.3, -0.25) is 4.79 Å². The lowest BCUT2D eigenvalue weighted by Crippen LogP contribution is -2.23. The van der Waals surface area contributed by atoms with Gasteiger partial charge in [-0.15, -0.1) is 0 Å². The van der Waals surface area contributed by atoms with Gasteiger partial charge in [0.2, 0.25) is 0 Å². The van der Waals surface area contributed by atoms with Crippen molar-refractivity contribution in [1.29, 1.82) is 0 Å². The van der Waals surface area contributed by atoms with Crippen molar-refractivity contribution >= 4 is 11.9 Å². The molecule has 2 rings (SSSR count). The maximum Gasteiger partial charge on any atom is 0.416 e. The van der Waals surface area contributed by atoms with Crippen LogP contribution in [0.4, 0.5) is 17.6 Å². The van der Waals surface area contributed by atoms with Gasteiger partial charge >= 0.3 is 12.1 Å². The summed E-state index contributed by atoms with van der Waals surface area (Å²) in [4.78, 5) is 22.7. The maximum absolute atomic E-state index is 14.1. The Morgan fingerprint density at radius 2 is 1.76 bits per heavy atom. The van der Waals surface area contributed by atoms with Gasteiger partial charge in [-0.05, 0) is 48.4 Å². The highest BCUT2D eigenvalue weighted by molar-refractivity contribution is 5.95. The average Bonchev–Trinajstić information content (AvgIpc) is 2.53. The van der Waals surface area contributed by atoms with Crippen LogP contribution in [0.25, 0.3) is 11.1 Å². The van der Waals surface area contributed by atoms with E-state index in [-0.39, 0.29) is 23.2 Å². The van der Waals surface area contributed by atoms with Gasteiger partial charge < -0.3 is 10.4 Å². The first-order chi connectivity index (χ1) is 11.6. The Morgan fingerprint density at radius 3 is 2.28 bits per heavy atom. The zero-order chi connectivity index (χ0) is 18.8. The van der Waals surface area contributed by atoms with E-state index in [1.807, 2.05) is 0 Å². The van der Waals surface area contributed by atoms with Gasteiger partial charge in [0, 0.05) is 6.54 Å². The maximum atomic E-state index is 14.1. The van der Waals surface area contributed by atoms with E-state index >= 15 is 0 Å². The van der Waals surface area contributed by atoms with Crippen molar-refractivity contribution in [1.82, 2.24) is 5.32 Å². The van der Waals surface area contributed by atoms with Crippen LogP contribution in [-0.2, 0) is 6.18 Å². The number of carboxylic acids is 1. The van der Waals surface area contributed by atoms with Gasteiger partial charge in [0.1, 0.15) is 5.82 Å². The van der Waals surface area contributed by atoms with E-state index in [0.29, 0.717) is 6.07 Å². The molecule has 25 heavy (non-hydrogen) atoms. The Morgan fingerprint density at radius 1 is 1.08 bits per heavy atom. The van der Waals surface area contributed by atoms with Crippen LogP contribution in [0, 0.1) is 5.82 Å². The number of halogens is 4. The molecule has 0 aliphatic rings. The first-order valence-electron chi connectivity index (χ1n) is 7.17. The fourth-order valence-electron chi connectivity index (χ4n) is 2.22. The predicted octanol–water partition coefficient (Wildman–Crippen LogP) is 3.96. The van der Waals surface area contributed by atoms with E-state index in [1.165, 1.54) is 6.07 Å². The Bertz CT molecular complexity index is 831. The molecule has 0 atom stereocenters. The lowest BCUT2D eigenvalue weighted by molar-refractivity contribution is -0.137. The summed E-state index contributed by atoms with van der Waals surface area (Å²) in [6.45, 7) is 1.94. The third-order valence-corrected chi connectivity index (χ3v) is 3.39. The van der Waals surface area contributed by atoms with Crippen LogP contribution in [0.15, 0.2) is 36.4 Å². The summed E-state index contributed by atoms with van der Waals surface area (Å²) >= 11 is 0. The fraction of sp³-hybridized carbons (Fsp3) is 0.176. The highest BCUT2D eigenvalue weighted by Gasteiger charge is 2.32. The summed E-state index contributed by atoms with van der Waals surface area (Å²) in [6.07, 6.45) is -4.75. The quantitative estimate of drug-likeness (QED) is 0.816. The van der Waals surface area contributed by atoms with Gasteiger partial charge in [0.25, 0.3) is 5.91 Å². The standard InChI is InChI=1S/C17H13F4NO3/c1-2-22-15(23)13-4-3-9(8-14(13)18)10-5-11(16(24)25)7-12(6-10)17(19,20)21/h3-8H,2H2,1H3,(H,22,23)(H,24,25). The molecule has 2 aromatic rings. The van der Waals surface area contributed by atoms with Gasteiger partial charge in [-0.2, -0.15) is 13.2 Å². The minimum absolute atomic E-state index is 0.0270. The summed E-state index contributed by atoms with van der Waals surface area (Å²) in [5.74, 6) is -3.11. The predicted molar refractivity (Wildman–Crippen MR) is 81.8 cm³/mol. The molecule has 0 bridgehead atoms. The van der Waals surface area contributed by atoms with E-state index in [1.54, 1.807) is 6.92 Å². The number of alkyl halides is 3. The number of carbonyl (C=O) groups excluding carboxylic acids is 1. The highest BCUT2D eigenvalue weighted by Crippen LogP contribution is 2.34. The molecule has 0 heterocycles. The van der Waals surface area contributed by atoms with Crippen LogP contribution in [0.3, 0.4) is 0 Å². The minimum atomic E-state index is -4.75. The van der Waals surface area contributed by atoms with Crippen LogP contribution >= 0.6 is 0 Å². The van der Waals surface area contributed by atoms with Gasteiger partial charge in [0.05, 0.1) is 16.7 Å². The van der Waals surface area contributed by atoms with E-state index in [4.69, 9.17) is 5.11 Å². The number of hydrogen-bond donors (Lipinski definition) is 2. The van der Waals surface area contributed by atoms with Crippen molar-refractivity contribution in [2.45, 2.75) is 13.1 Å². The van der Waals surface area contributed by atoms with Crippen LogP contribution in [0.5, 0.6) is 0 Å². The van der Waals surface area contributed by atoms with Crippen molar-refractivity contribution in [2.75, 3.05) is 6.54 Å². The summed E-state index contributed by atoms with van der Waals surface area (Å²) in [5, 5.41) is 11.4. The average molecular weight is 355 g/mol. The summed E-state index contributed by atoms with van der Waals surface area (Å²) in [6, 6.07) is 5.53. The highest BCUT2D eigenvalue weighted by atomic mass is 19.4. The second-order valence-corrected chi connectivity index (χ2v) is 5.16. The summed E-state index contributed by atoms with van der Waals surface area (Å²) in [7, 11) is 0. The molecule has 0 saturated carbocycles. The molecule has 0 fully saturated rings. The van der Waals surface area contributed by atoms with Gasteiger partial charge in [-0.1, -0.05) is 6.07 Å². The first-order valence-corrected chi connectivity index (χ1v) is 7.17. The number of hydrogen-bond acceptors (Lipinski definition) is 2. The molecular weight excluding hydrogens is 342 g/mol. The van der Waals surface area contributed by atoms with Gasteiger partial charge in [0.15, 0.2) is 0 Å². The molecule has 0 spiro atoms. The van der Waals surface area contributed by atoms with Crippen molar-refractivity contribution in [3.8, 4) is 11.1 Å². The van der Waals surface area contributed by atoms with E-state index in [2.05, 4.69) is 5.32 Å². The zero-order valence-corrected chi connectivity index (χ0v) is 12.9. The second kappa shape index (κ2) is 6.92. The normalized spacial score (nSPS) is 11.2. The third-order valence-electron chi connectivity index (χ3n) is 3.39. The number of nitrogens with one attached hydrogen (secondary N) is 1. The molecule has 2 N–H and O–H groups in total. The number of amides is 1. The van der Waals surface area contributed by atoms with Gasteiger partial charge in [-0.25, -0.2) is 9.18 Å². The number of benzene rings is 2. The minimum Gasteiger partial charge on any atom is -0.478 e. The first kappa shape index (κ1) is 18.4. The smallest absolute Gasteiger partial charge is 0.416 e. The Balaban J connectivity index is 2.54. The lowest BCUT2D eigenvalue weighted by Gasteiger charge is -2.12. The zero-order valence-electron chi connectivity index (χ0n) is 12.9. The van der Waals surface area contributed by atoms with E-state index in [0.717, 1.165) is 24.3 Å². The molecule has 8 heteroatoms. The lowest BCUT2D eigenvalue weighted by atomic mass is 9.98. The number of aromatic carboxylic acids is 1. The summed E-state index contributed by atoms with van der Waals surface area (Å²) < 4.78 is 52.9. The molecule has 0 aliphatic carbocycles. The number of rotatable bonds is 4.